The number of hydrogen-bond acceptors (Lipinski definition) is 4. The number of carboxylic acid groups (broad SMARTS) is 1. The van der Waals surface area contributed by atoms with Crippen LogP contribution in [0.4, 0.5) is 11.4 Å². The monoisotopic (exact) mass is 420 g/mol. The predicted octanol–water partition coefficient (Wildman–Crippen LogP) is 4.68. The predicted molar refractivity (Wildman–Crippen MR) is 118 cm³/mol. The Labute approximate surface area is 178 Å². The third-order valence-corrected chi connectivity index (χ3v) is 5.28. The van der Waals surface area contributed by atoms with Gasteiger partial charge in [0.15, 0.2) is 0 Å². The Morgan fingerprint density at radius 1 is 0.867 bits per heavy atom. The molecule has 0 spiro atoms. The number of aromatic carboxylic acids is 1. The Bertz CT molecular complexity index is 1080. The number of nitrogens with one attached hydrogen (secondary N) is 2. The van der Waals surface area contributed by atoms with Gasteiger partial charge in [0, 0.05) is 21.8 Å². The van der Waals surface area contributed by atoms with E-state index < -0.39 is 5.97 Å². The largest absolute Gasteiger partial charge is 0.478 e. The van der Waals surface area contributed by atoms with E-state index >= 15 is 0 Å². The van der Waals surface area contributed by atoms with Crippen LogP contribution in [0.1, 0.15) is 26.3 Å². The molecule has 0 unspecified atom stereocenters. The van der Waals surface area contributed by atoms with Gasteiger partial charge in [-0.3, -0.25) is 9.59 Å². The first-order chi connectivity index (χ1) is 14.4. The quantitative estimate of drug-likeness (QED) is 0.483. The summed E-state index contributed by atoms with van der Waals surface area (Å²) in [6, 6.07) is 20.7. The molecule has 0 radical (unpaired) electrons. The second kappa shape index (κ2) is 9.76. The molecule has 3 N–H and O–H groups in total. The molecule has 7 heteroatoms. The fraction of sp³-hybridized carbons (Fsp3) is 0.0870. The summed E-state index contributed by atoms with van der Waals surface area (Å²) in [5, 5.41) is 14.6. The molecule has 0 aliphatic carbocycles. The van der Waals surface area contributed by atoms with Crippen molar-refractivity contribution in [3.05, 3.63) is 89.5 Å². The summed E-state index contributed by atoms with van der Waals surface area (Å²) in [6.45, 7) is 1.89. The van der Waals surface area contributed by atoms with E-state index in [2.05, 4.69) is 10.6 Å². The molecular formula is C23H20N2O4S. The topological polar surface area (TPSA) is 95.5 Å². The molecule has 0 aromatic heterocycles. The summed E-state index contributed by atoms with van der Waals surface area (Å²) in [6.07, 6.45) is 0. The Balaban J connectivity index is 1.52. The number of thioether (sulfide) groups is 1. The van der Waals surface area contributed by atoms with Crippen LogP contribution in [0.2, 0.25) is 0 Å². The van der Waals surface area contributed by atoms with Gasteiger partial charge in [0.2, 0.25) is 5.91 Å². The fourth-order valence-electron chi connectivity index (χ4n) is 2.74. The molecule has 3 aromatic rings. The fourth-order valence-corrected chi connectivity index (χ4v) is 3.43. The lowest BCUT2D eigenvalue weighted by Crippen LogP contribution is -2.14. The Hall–Kier alpha value is -3.58. The highest BCUT2D eigenvalue weighted by Crippen LogP contribution is 2.21. The van der Waals surface area contributed by atoms with E-state index in [4.69, 9.17) is 5.11 Å². The molecule has 0 saturated carbocycles. The minimum atomic E-state index is -1.05. The lowest BCUT2D eigenvalue weighted by Gasteiger charge is -2.09. The number of carbonyl (C=O) groups excluding carboxylic acids is 2. The zero-order chi connectivity index (χ0) is 21.5. The summed E-state index contributed by atoms with van der Waals surface area (Å²) < 4.78 is 0. The number of amides is 2. The molecule has 30 heavy (non-hydrogen) atoms. The van der Waals surface area contributed by atoms with Gasteiger partial charge in [0.25, 0.3) is 5.91 Å². The Kier molecular flexibility index (Phi) is 6.87. The average molecular weight is 420 g/mol. The van der Waals surface area contributed by atoms with Gasteiger partial charge in [-0.15, -0.1) is 11.8 Å². The molecule has 2 amide bonds. The van der Waals surface area contributed by atoms with E-state index in [9.17, 15) is 14.4 Å². The van der Waals surface area contributed by atoms with Crippen molar-refractivity contribution in [3.63, 3.8) is 0 Å². The SMILES string of the molecule is Cc1ccccc1C(=O)Nc1ccc(SCC(=O)Nc2cccc(C(=O)O)c2)cc1. The standard InChI is InChI=1S/C23H20N2O4S/c1-15-5-2-3-8-20(15)22(27)25-17-9-11-19(12-10-17)30-14-21(26)24-18-7-4-6-16(13-18)23(28)29/h2-13H,14H2,1H3,(H,24,26)(H,25,27)(H,28,29). The normalized spacial score (nSPS) is 10.3. The smallest absolute Gasteiger partial charge is 0.335 e. The van der Waals surface area contributed by atoms with Crippen molar-refractivity contribution in [1.82, 2.24) is 0 Å². The van der Waals surface area contributed by atoms with Gasteiger partial charge in [-0.25, -0.2) is 4.79 Å². The summed E-state index contributed by atoms with van der Waals surface area (Å²) in [7, 11) is 0. The van der Waals surface area contributed by atoms with Gasteiger partial charge in [0.1, 0.15) is 0 Å². The van der Waals surface area contributed by atoms with E-state index in [0.717, 1.165) is 10.5 Å². The molecule has 0 saturated heterocycles. The highest BCUT2D eigenvalue weighted by atomic mass is 32.2. The van der Waals surface area contributed by atoms with E-state index in [-0.39, 0.29) is 23.1 Å². The van der Waals surface area contributed by atoms with Crippen LogP contribution >= 0.6 is 11.8 Å². The third-order valence-electron chi connectivity index (χ3n) is 4.27. The van der Waals surface area contributed by atoms with Gasteiger partial charge in [-0.1, -0.05) is 24.3 Å². The molecular weight excluding hydrogens is 400 g/mol. The molecule has 0 aliphatic rings. The molecule has 0 heterocycles. The lowest BCUT2D eigenvalue weighted by molar-refractivity contribution is -0.113. The Morgan fingerprint density at radius 3 is 2.30 bits per heavy atom. The van der Waals surface area contributed by atoms with Crippen molar-refractivity contribution in [2.75, 3.05) is 16.4 Å². The molecule has 6 nitrogen and oxygen atoms in total. The minimum Gasteiger partial charge on any atom is -0.478 e. The van der Waals surface area contributed by atoms with E-state index in [1.165, 1.54) is 23.9 Å². The van der Waals surface area contributed by atoms with Gasteiger partial charge >= 0.3 is 5.97 Å². The molecule has 0 fully saturated rings. The van der Waals surface area contributed by atoms with E-state index in [0.29, 0.717) is 16.9 Å². The van der Waals surface area contributed by atoms with E-state index in [1.807, 2.05) is 37.3 Å². The highest BCUT2D eigenvalue weighted by molar-refractivity contribution is 8.00. The third kappa shape index (κ3) is 5.71. The van der Waals surface area contributed by atoms with E-state index in [1.54, 1.807) is 30.3 Å². The zero-order valence-electron chi connectivity index (χ0n) is 16.2. The van der Waals surface area contributed by atoms with Crippen LogP contribution in [0.25, 0.3) is 0 Å². The molecule has 0 bridgehead atoms. The number of hydrogen-bond donors (Lipinski definition) is 3. The van der Waals surface area contributed by atoms with Crippen LogP contribution in [0, 0.1) is 6.92 Å². The second-order valence-corrected chi connectivity index (χ2v) is 7.56. The van der Waals surface area contributed by atoms with Crippen LogP contribution in [0.5, 0.6) is 0 Å². The first kappa shape index (κ1) is 21.1. The van der Waals surface area contributed by atoms with Crippen molar-refractivity contribution in [2.45, 2.75) is 11.8 Å². The number of rotatable bonds is 7. The van der Waals surface area contributed by atoms with Gasteiger partial charge in [0.05, 0.1) is 11.3 Å². The first-order valence-corrected chi connectivity index (χ1v) is 10.1. The molecule has 3 aromatic carbocycles. The van der Waals surface area contributed by atoms with Crippen molar-refractivity contribution in [1.29, 1.82) is 0 Å². The number of carbonyl (C=O) groups is 3. The maximum absolute atomic E-state index is 12.4. The number of carboxylic acids is 1. The zero-order valence-corrected chi connectivity index (χ0v) is 17.0. The van der Waals surface area contributed by atoms with Gasteiger partial charge in [-0.2, -0.15) is 0 Å². The molecule has 3 rings (SSSR count). The number of anilines is 2. The minimum absolute atomic E-state index is 0.115. The molecule has 0 aliphatic heterocycles. The number of aryl methyl sites for hydroxylation is 1. The van der Waals surface area contributed by atoms with Crippen LogP contribution in [-0.2, 0) is 4.79 Å². The maximum Gasteiger partial charge on any atom is 0.335 e. The summed E-state index contributed by atoms with van der Waals surface area (Å²) in [5.41, 5.74) is 2.75. The van der Waals surface area contributed by atoms with Crippen molar-refractivity contribution in [3.8, 4) is 0 Å². The lowest BCUT2D eigenvalue weighted by atomic mass is 10.1. The summed E-state index contributed by atoms with van der Waals surface area (Å²) in [5.74, 6) is -1.28. The second-order valence-electron chi connectivity index (χ2n) is 6.52. The number of benzene rings is 3. The van der Waals surface area contributed by atoms with Gasteiger partial charge in [-0.05, 0) is 61.0 Å². The van der Waals surface area contributed by atoms with Gasteiger partial charge < -0.3 is 15.7 Å². The molecule has 0 atom stereocenters. The summed E-state index contributed by atoms with van der Waals surface area (Å²) >= 11 is 1.34. The van der Waals surface area contributed by atoms with Crippen molar-refractivity contribution >= 4 is 40.9 Å². The van der Waals surface area contributed by atoms with Crippen molar-refractivity contribution < 1.29 is 19.5 Å². The van der Waals surface area contributed by atoms with Crippen molar-refractivity contribution in [2.24, 2.45) is 0 Å². The van der Waals surface area contributed by atoms with Crippen LogP contribution in [0.3, 0.4) is 0 Å². The highest BCUT2D eigenvalue weighted by Gasteiger charge is 2.09. The maximum atomic E-state index is 12.4. The summed E-state index contributed by atoms with van der Waals surface area (Å²) in [4.78, 5) is 36.4. The Morgan fingerprint density at radius 2 is 1.60 bits per heavy atom. The van der Waals surface area contributed by atoms with Crippen LogP contribution in [0.15, 0.2) is 77.7 Å². The first-order valence-electron chi connectivity index (χ1n) is 9.15. The molecule has 152 valence electrons. The van der Waals surface area contributed by atoms with Crippen LogP contribution in [-0.4, -0.2) is 28.6 Å². The van der Waals surface area contributed by atoms with Crippen LogP contribution < -0.4 is 10.6 Å². The average Bonchev–Trinajstić information content (AvgIpc) is 2.73.